The van der Waals surface area contributed by atoms with Gasteiger partial charge in [-0.3, -0.25) is 4.79 Å². The Hall–Kier alpha value is -2.05. The Morgan fingerprint density at radius 1 is 1.35 bits per heavy atom. The molecule has 26 heavy (non-hydrogen) atoms. The van der Waals surface area contributed by atoms with E-state index in [9.17, 15) is 9.90 Å². The number of aryl methyl sites for hydroxylation is 2. The van der Waals surface area contributed by atoms with Gasteiger partial charge in [0.2, 0.25) is 0 Å². The van der Waals surface area contributed by atoms with E-state index in [1.807, 2.05) is 19.1 Å². The number of ether oxygens (including phenoxy) is 1. The lowest BCUT2D eigenvalue weighted by atomic mass is 9.96. The molecule has 1 N–H and O–H groups in total. The van der Waals surface area contributed by atoms with E-state index in [0.29, 0.717) is 54.6 Å². The molecule has 1 fully saturated rings. The van der Waals surface area contributed by atoms with Crippen molar-refractivity contribution in [1.29, 1.82) is 0 Å². The highest BCUT2D eigenvalue weighted by molar-refractivity contribution is 6.32. The van der Waals surface area contributed by atoms with E-state index < -0.39 is 5.60 Å². The molecule has 1 unspecified atom stereocenters. The predicted octanol–water partition coefficient (Wildman–Crippen LogP) is 3.38. The highest BCUT2D eigenvalue weighted by Crippen LogP contribution is 2.29. The number of aromatic nitrogens is 1. The molecule has 1 saturated heterocycles. The Kier molecular flexibility index (Phi) is 5.53. The summed E-state index contributed by atoms with van der Waals surface area (Å²) in [6, 6.07) is 7.17. The monoisotopic (exact) mass is 378 g/mol. The molecule has 3 rings (SSSR count). The first kappa shape index (κ1) is 18.7. The van der Waals surface area contributed by atoms with Crippen LogP contribution in [0.2, 0.25) is 5.02 Å². The van der Waals surface area contributed by atoms with E-state index in [-0.39, 0.29) is 12.5 Å². The van der Waals surface area contributed by atoms with E-state index in [1.165, 1.54) is 0 Å². The molecular formula is C19H23ClN2O4. The smallest absolute Gasteiger partial charge is 0.276 e. The van der Waals surface area contributed by atoms with Gasteiger partial charge in [-0.25, -0.2) is 0 Å². The molecule has 1 aromatic heterocycles. The van der Waals surface area contributed by atoms with Crippen molar-refractivity contribution in [2.24, 2.45) is 0 Å². The second kappa shape index (κ2) is 7.68. The third-order valence-electron chi connectivity index (χ3n) is 4.63. The van der Waals surface area contributed by atoms with E-state index in [2.05, 4.69) is 5.16 Å². The van der Waals surface area contributed by atoms with E-state index in [0.717, 1.165) is 5.56 Å². The Morgan fingerprint density at radius 3 is 2.88 bits per heavy atom. The number of carbonyl (C=O) groups is 1. The molecule has 1 atom stereocenters. The Balaban J connectivity index is 1.61. The zero-order valence-corrected chi connectivity index (χ0v) is 15.8. The molecule has 140 valence electrons. The first-order chi connectivity index (χ1) is 12.4. The van der Waals surface area contributed by atoms with Crippen LogP contribution < -0.4 is 4.74 Å². The van der Waals surface area contributed by atoms with Crippen molar-refractivity contribution in [3.8, 4) is 5.75 Å². The van der Waals surface area contributed by atoms with Crippen LogP contribution in [-0.4, -0.2) is 46.4 Å². The first-order valence-electron chi connectivity index (χ1n) is 8.70. The van der Waals surface area contributed by atoms with E-state index in [1.54, 1.807) is 24.0 Å². The summed E-state index contributed by atoms with van der Waals surface area (Å²) in [5.74, 6) is 0.993. The number of rotatable bonds is 4. The molecule has 7 heteroatoms. The summed E-state index contributed by atoms with van der Waals surface area (Å²) in [5.41, 5.74) is 0.342. The number of halogens is 1. The lowest BCUT2D eigenvalue weighted by Crippen LogP contribution is -2.38. The van der Waals surface area contributed by atoms with Gasteiger partial charge in [0, 0.05) is 19.2 Å². The van der Waals surface area contributed by atoms with Crippen molar-refractivity contribution >= 4 is 17.5 Å². The van der Waals surface area contributed by atoms with Gasteiger partial charge in [0.05, 0.1) is 5.02 Å². The Labute approximate surface area is 157 Å². The SMILES string of the molecule is Cc1ccc(Cl)c(OCC2(O)CCCN(C(=O)c3cc(C)on3)CC2)c1. The van der Waals surface area contributed by atoms with Crippen molar-refractivity contribution in [2.75, 3.05) is 19.7 Å². The van der Waals surface area contributed by atoms with Gasteiger partial charge in [-0.1, -0.05) is 22.8 Å². The van der Waals surface area contributed by atoms with Crippen molar-refractivity contribution in [3.05, 3.63) is 46.3 Å². The van der Waals surface area contributed by atoms with Crippen molar-refractivity contribution < 1.29 is 19.2 Å². The van der Waals surface area contributed by atoms with Crippen LogP contribution in [0.4, 0.5) is 0 Å². The molecule has 0 saturated carbocycles. The molecule has 1 amide bonds. The quantitative estimate of drug-likeness (QED) is 0.882. The molecule has 0 spiro atoms. The fraction of sp³-hybridized carbons (Fsp3) is 0.474. The maximum atomic E-state index is 12.5. The number of aliphatic hydroxyl groups is 1. The fourth-order valence-electron chi connectivity index (χ4n) is 3.09. The van der Waals surface area contributed by atoms with Crippen LogP contribution in [-0.2, 0) is 0 Å². The van der Waals surface area contributed by atoms with Crippen molar-refractivity contribution in [3.63, 3.8) is 0 Å². The van der Waals surface area contributed by atoms with Crippen LogP contribution in [0.15, 0.2) is 28.8 Å². The standard InChI is InChI=1S/C19H23ClN2O4/c1-13-4-5-15(20)17(10-13)25-12-19(24)6-3-8-22(9-7-19)18(23)16-11-14(2)26-21-16/h4-5,10-11,24H,3,6-9,12H2,1-2H3. The summed E-state index contributed by atoms with van der Waals surface area (Å²) in [5, 5.41) is 15.2. The molecular weight excluding hydrogens is 356 g/mol. The normalized spacial score (nSPS) is 20.7. The van der Waals surface area contributed by atoms with E-state index in [4.69, 9.17) is 20.9 Å². The molecule has 2 aromatic rings. The molecule has 2 heterocycles. The van der Waals surface area contributed by atoms with Crippen LogP contribution in [0, 0.1) is 13.8 Å². The average Bonchev–Trinajstić information content (AvgIpc) is 2.95. The van der Waals surface area contributed by atoms with Gasteiger partial charge >= 0.3 is 0 Å². The van der Waals surface area contributed by atoms with Crippen LogP contribution in [0.25, 0.3) is 0 Å². The molecule has 6 nitrogen and oxygen atoms in total. The lowest BCUT2D eigenvalue weighted by Gasteiger charge is -2.27. The predicted molar refractivity (Wildman–Crippen MR) is 97.6 cm³/mol. The summed E-state index contributed by atoms with van der Waals surface area (Å²) in [7, 11) is 0. The van der Waals surface area contributed by atoms with Gasteiger partial charge in [-0.15, -0.1) is 0 Å². The molecule has 1 aliphatic rings. The second-order valence-corrected chi connectivity index (χ2v) is 7.32. The van der Waals surface area contributed by atoms with E-state index >= 15 is 0 Å². The maximum absolute atomic E-state index is 12.5. The van der Waals surface area contributed by atoms with Crippen molar-refractivity contribution in [2.45, 2.75) is 38.7 Å². The first-order valence-corrected chi connectivity index (χ1v) is 9.08. The molecule has 1 aromatic carbocycles. The van der Waals surface area contributed by atoms with Gasteiger partial charge in [0.15, 0.2) is 5.69 Å². The number of hydrogen-bond acceptors (Lipinski definition) is 5. The zero-order valence-electron chi connectivity index (χ0n) is 15.0. The number of nitrogens with zero attached hydrogens (tertiary/aromatic N) is 2. The van der Waals surface area contributed by atoms with Crippen LogP contribution in [0.5, 0.6) is 5.75 Å². The molecule has 0 radical (unpaired) electrons. The topological polar surface area (TPSA) is 75.8 Å². The van der Waals surface area contributed by atoms with Crippen molar-refractivity contribution in [1.82, 2.24) is 10.1 Å². The highest BCUT2D eigenvalue weighted by atomic mass is 35.5. The van der Waals surface area contributed by atoms with Gasteiger partial charge in [0.1, 0.15) is 23.7 Å². The minimum absolute atomic E-state index is 0.140. The number of carbonyl (C=O) groups excluding carboxylic acids is 1. The second-order valence-electron chi connectivity index (χ2n) is 6.92. The summed E-state index contributed by atoms with van der Waals surface area (Å²) in [4.78, 5) is 14.2. The van der Waals surface area contributed by atoms with Crippen LogP contribution in [0.1, 0.15) is 41.1 Å². The number of likely N-dealkylation sites (tertiary alicyclic amines) is 1. The van der Waals surface area contributed by atoms with Crippen LogP contribution >= 0.6 is 11.6 Å². The number of amides is 1. The highest BCUT2D eigenvalue weighted by Gasteiger charge is 2.33. The summed E-state index contributed by atoms with van der Waals surface area (Å²) in [6.07, 6.45) is 1.67. The maximum Gasteiger partial charge on any atom is 0.276 e. The molecule has 1 aliphatic heterocycles. The van der Waals surface area contributed by atoms with Gasteiger partial charge in [0.25, 0.3) is 5.91 Å². The van der Waals surface area contributed by atoms with Gasteiger partial charge < -0.3 is 19.3 Å². The molecule has 0 aliphatic carbocycles. The van der Waals surface area contributed by atoms with Gasteiger partial charge in [-0.2, -0.15) is 0 Å². The van der Waals surface area contributed by atoms with Gasteiger partial charge in [-0.05, 0) is 50.8 Å². The summed E-state index contributed by atoms with van der Waals surface area (Å²) >= 11 is 6.15. The lowest BCUT2D eigenvalue weighted by molar-refractivity contribution is -0.0163. The third-order valence-corrected chi connectivity index (χ3v) is 4.95. The Morgan fingerprint density at radius 2 is 2.15 bits per heavy atom. The Bertz CT molecular complexity index is 792. The summed E-state index contributed by atoms with van der Waals surface area (Å²) in [6.45, 7) is 4.85. The van der Waals surface area contributed by atoms with Crippen LogP contribution in [0.3, 0.4) is 0 Å². The largest absolute Gasteiger partial charge is 0.489 e. The number of benzene rings is 1. The average molecular weight is 379 g/mol. The summed E-state index contributed by atoms with van der Waals surface area (Å²) < 4.78 is 10.8. The minimum atomic E-state index is -0.998. The number of hydrogen-bond donors (Lipinski definition) is 1. The fourth-order valence-corrected chi connectivity index (χ4v) is 3.26. The zero-order chi connectivity index (χ0) is 18.7. The minimum Gasteiger partial charge on any atom is -0.489 e. The molecule has 0 bridgehead atoms. The third kappa shape index (κ3) is 4.37.